The van der Waals surface area contributed by atoms with Gasteiger partial charge >= 0.3 is 0 Å². The number of aromatic nitrogens is 1. The third-order valence-electron chi connectivity index (χ3n) is 3.08. The molecule has 2 aromatic heterocycles. The van der Waals surface area contributed by atoms with Crippen molar-refractivity contribution in [2.24, 2.45) is 0 Å². The lowest BCUT2D eigenvalue weighted by atomic mass is 10.1. The third kappa shape index (κ3) is 3.60. The van der Waals surface area contributed by atoms with Crippen molar-refractivity contribution in [3.05, 3.63) is 57.9 Å². The zero-order valence-electron chi connectivity index (χ0n) is 11.6. The molecule has 5 heteroatoms. The Hall–Kier alpha value is -2.30. The molecule has 0 spiro atoms. The predicted octanol–water partition coefficient (Wildman–Crippen LogP) is 2.03. The van der Waals surface area contributed by atoms with Crippen LogP contribution in [0.5, 0.6) is 0 Å². The summed E-state index contributed by atoms with van der Waals surface area (Å²) < 4.78 is 5.24. The molecule has 0 saturated heterocycles. The van der Waals surface area contributed by atoms with Gasteiger partial charge in [0.05, 0.1) is 6.26 Å². The number of amides is 1. The van der Waals surface area contributed by atoms with Crippen LogP contribution in [0.3, 0.4) is 0 Å². The van der Waals surface area contributed by atoms with E-state index >= 15 is 0 Å². The molecule has 20 heavy (non-hydrogen) atoms. The number of aromatic amines is 1. The predicted molar refractivity (Wildman–Crippen MR) is 75.8 cm³/mol. The first-order chi connectivity index (χ1) is 9.56. The Morgan fingerprint density at radius 1 is 1.40 bits per heavy atom. The maximum Gasteiger partial charge on any atom is 0.260 e. The second-order valence-electron chi connectivity index (χ2n) is 4.88. The Labute approximate surface area is 117 Å². The lowest BCUT2D eigenvalue weighted by Gasteiger charge is -2.12. The van der Waals surface area contributed by atoms with Gasteiger partial charge in [-0.05, 0) is 44.5 Å². The molecule has 0 aliphatic rings. The quantitative estimate of drug-likeness (QED) is 0.876. The van der Waals surface area contributed by atoms with Crippen molar-refractivity contribution in [1.29, 1.82) is 0 Å². The van der Waals surface area contributed by atoms with E-state index in [9.17, 15) is 9.59 Å². The first-order valence-electron chi connectivity index (χ1n) is 6.59. The van der Waals surface area contributed by atoms with Crippen LogP contribution in [0.4, 0.5) is 0 Å². The minimum atomic E-state index is -0.360. The van der Waals surface area contributed by atoms with Gasteiger partial charge in [-0.25, -0.2) is 0 Å². The average Bonchev–Trinajstić information content (AvgIpc) is 2.89. The molecule has 0 saturated carbocycles. The molecule has 0 radical (unpaired) electrons. The molecule has 2 heterocycles. The van der Waals surface area contributed by atoms with Crippen LogP contribution in [-0.4, -0.2) is 16.9 Å². The fourth-order valence-electron chi connectivity index (χ4n) is 1.94. The fraction of sp³-hybridized carbons (Fsp3) is 0.333. The first kappa shape index (κ1) is 14.1. The highest BCUT2D eigenvalue weighted by molar-refractivity contribution is 5.93. The number of hydrogen-bond donors (Lipinski definition) is 2. The van der Waals surface area contributed by atoms with Crippen LogP contribution in [0, 0.1) is 6.92 Å². The second kappa shape index (κ2) is 6.23. The van der Waals surface area contributed by atoms with Crippen molar-refractivity contribution < 1.29 is 9.21 Å². The van der Waals surface area contributed by atoms with E-state index in [2.05, 4.69) is 10.3 Å². The molecular formula is C15H18N2O3. The Kier molecular flexibility index (Phi) is 4.40. The van der Waals surface area contributed by atoms with E-state index in [-0.39, 0.29) is 23.1 Å². The smallest absolute Gasteiger partial charge is 0.260 e. The van der Waals surface area contributed by atoms with Crippen molar-refractivity contribution in [3.8, 4) is 0 Å². The molecule has 106 valence electrons. The molecule has 1 unspecified atom stereocenters. The van der Waals surface area contributed by atoms with Gasteiger partial charge in [0.25, 0.3) is 11.5 Å². The molecule has 0 aliphatic heterocycles. The molecule has 0 aliphatic carbocycles. The SMILES string of the molecule is Cc1ccc(C(=O)NC(C)CCc2ccco2)c(=O)[nH]1. The summed E-state index contributed by atoms with van der Waals surface area (Å²) in [6.45, 7) is 3.68. The highest BCUT2D eigenvalue weighted by atomic mass is 16.3. The normalized spacial score (nSPS) is 12.1. The number of hydrogen-bond acceptors (Lipinski definition) is 3. The van der Waals surface area contributed by atoms with Crippen molar-refractivity contribution >= 4 is 5.91 Å². The monoisotopic (exact) mass is 274 g/mol. The number of furan rings is 1. The number of carbonyl (C=O) groups is 1. The van der Waals surface area contributed by atoms with Gasteiger partial charge in [-0.15, -0.1) is 0 Å². The maximum atomic E-state index is 12.0. The zero-order chi connectivity index (χ0) is 14.5. The van der Waals surface area contributed by atoms with E-state index < -0.39 is 0 Å². The van der Waals surface area contributed by atoms with E-state index in [0.29, 0.717) is 0 Å². The van der Waals surface area contributed by atoms with E-state index in [1.807, 2.05) is 19.1 Å². The van der Waals surface area contributed by atoms with Crippen LogP contribution in [0.25, 0.3) is 0 Å². The first-order valence-corrected chi connectivity index (χ1v) is 6.59. The topological polar surface area (TPSA) is 75.1 Å². The summed E-state index contributed by atoms with van der Waals surface area (Å²) in [6, 6.07) is 6.96. The van der Waals surface area contributed by atoms with E-state index in [1.54, 1.807) is 25.3 Å². The summed E-state index contributed by atoms with van der Waals surface area (Å²) in [5.41, 5.74) is 0.513. The molecule has 2 aromatic rings. The Balaban J connectivity index is 1.91. The van der Waals surface area contributed by atoms with E-state index in [4.69, 9.17) is 4.42 Å². The zero-order valence-corrected chi connectivity index (χ0v) is 11.6. The Morgan fingerprint density at radius 2 is 2.20 bits per heavy atom. The van der Waals surface area contributed by atoms with Gasteiger partial charge in [0.1, 0.15) is 11.3 Å². The van der Waals surface area contributed by atoms with Crippen LogP contribution >= 0.6 is 0 Å². The maximum absolute atomic E-state index is 12.0. The van der Waals surface area contributed by atoms with Gasteiger partial charge in [0, 0.05) is 18.2 Å². The van der Waals surface area contributed by atoms with Gasteiger partial charge in [-0.2, -0.15) is 0 Å². The van der Waals surface area contributed by atoms with Crippen LogP contribution in [0.1, 0.15) is 35.2 Å². The van der Waals surface area contributed by atoms with Crippen molar-refractivity contribution in [2.75, 3.05) is 0 Å². The largest absolute Gasteiger partial charge is 0.469 e. The average molecular weight is 274 g/mol. The number of rotatable bonds is 5. The van der Waals surface area contributed by atoms with Crippen LogP contribution < -0.4 is 10.9 Å². The lowest BCUT2D eigenvalue weighted by Crippen LogP contribution is -2.36. The number of nitrogens with one attached hydrogen (secondary N) is 2. The summed E-state index contributed by atoms with van der Waals surface area (Å²) in [6.07, 6.45) is 3.13. The van der Waals surface area contributed by atoms with Gasteiger partial charge in [-0.3, -0.25) is 9.59 Å². The number of aryl methyl sites for hydroxylation is 2. The summed E-state index contributed by atoms with van der Waals surface area (Å²) in [5.74, 6) is 0.539. The molecule has 2 rings (SSSR count). The minimum absolute atomic E-state index is 0.0340. The molecule has 0 fully saturated rings. The Bertz CT molecular complexity index is 629. The Morgan fingerprint density at radius 3 is 2.85 bits per heavy atom. The van der Waals surface area contributed by atoms with Crippen molar-refractivity contribution in [2.45, 2.75) is 32.7 Å². The van der Waals surface area contributed by atoms with Crippen LogP contribution in [0.2, 0.25) is 0 Å². The molecule has 1 atom stereocenters. The standard InChI is InChI=1S/C15H18N2O3/c1-10(5-7-12-4-3-9-20-12)16-14(18)13-8-6-11(2)17-15(13)19/h3-4,6,8-10H,5,7H2,1-2H3,(H,16,18)(H,17,19). The molecule has 5 nitrogen and oxygen atoms in total. The highest BCUT2D eigenvalue weighted by Crippen LogP contribution is 2.06. The van der Waals surface area contributed by atoms with Gasteiger partial charge < -0.3 is 14.7 Å². The summed E-state index contributed by atoms with van der Waals surface area (Å²) in [5, 5.41) is 2.82. The molecule has 0 bridgehead atoms. The van der Waals surface area contributed by atoms with Crippen LogP contribution in [-0.2, 0) is 6.42 Å². The number of pyridine rings is 1. The van der Waals surface area contributed by atoms with E-state index in [1.165, 1.54) is 0 Å². The molecule has 0 aromatic carbocycles. The molecule has 1 amide bonds. The lowest BCUT2D eigenvalue weighted by molar-refractivity contribution is 0.0936. The fourth-order valence-corrected chi connectivity index (χ4v) is 1.94. The third-order valence-corrected chi connectivity index (χ3v) is 3.08. The second-order valence-corrected chi connectivity index (χ2v) is 4.88. The van der Waals surface area contributed by atoms with E-state index in [0.717, 1.165) is 24.3 Å². The van der Waals surface area contributed by atoms with Crippen LogP contribution in [0.15, 0.2) is 39.7 Å². The summed E-state index contributed by atoms with van der Waals surface area (Å²) in [4.78, 5) is 26.3. The number of H-pyrrole nitrogens is 1. The summed E-state index contributed by atoms with van der Waals surface area (Å²) in [7, 11) is 0. The van der Waals surface area contributed by atoms with Gasteiger partial charge in [0.2, 0.25) is 0 Å². The minimum Gasteiger partial charge on any atom is -0.469 e. The van der Waals surface area contributed by atoms with Gasteiger partial charge in [-0.1, -0.05) is 0 Å². The number of carbonyl (C=O) groups excluding carboxylic acids is 1. The molecule has 2 N–H and O–H groups in total. The van der Waals surface area contributed by atoms with Crippen molar-refractivity contribution in [3.63, 3.8) is 0 Å². The van der Waals surface area contributed by atoms with Crippen molar-refractivity contribution in [1.82, 2.24) is 10.3 Å². The summed E-state index contributed by atoms with van der Waals surface area (Å²) >= 11 is 0. The highest BCUT2D eigenvalue weighted by Gasteiger charge is 2.13. The molecular weight excluding hydrogens is 256 g/mol. The van der Waals surface area contributed by atoms with Gasteiger partial charge in [0.15, 0.2) is 0 Å².